The van der Waals surface area contributed by atoms with Crippen LogP contribution in [0.3, 0.4) is 0 Å². The van der Waals surface area contributed by atoms with Crippen LogP contribution in [-0.2, 0) is 4.79 Å². The maximum absolute atomic E-state index is 12.6. The second-order valence-electron chi connectivity index (χ2n) is 4.96. The first kappa shape index (κ1) is 16.0. The van der Waals surface area contributed by atoms with E-state index in [4.69, 9.17) is 10.9 Å². The summed E-state index contributed by atoms with van der Waals surface area (Å²) in [4.78, 5) is 14.3. The van der Waals surface area contributed by atoms with Crippen LogP contribution in [0.5, 0.6) is 0 Å². The van der Waals surface area contributed by atoms with Gasteiger partial charge in [-0.2, -0.15) is 0 Å². The molecule has 2 unspecified atom stereocenters. The molecule has 0 fully saturated rings. The molecule has 20 heavy (non-hydrogen) atoms. The number of carbonyl (C=O) groups excluding carboxylic acids is 1. The van der Waals surface area contributed by atoms with Gasteiger partial charge in [-0.05, 0) is 18.9 Å². The normalized spacial score (nSPS) is 14.7. The van der Waals surface area contributed by atoms with Crippen LogP contribution in [0.15, 0.2) is 35.5 Å². The van der Waals surface area contributed by atoms with Crippen molar-refractivity contribution in [1.29, 1.82) is 0 Å². The van der Waals surface area contributed by atoms with Gasteiger partial charge in [0, 0.05) is 13.1 Å². The zero-order chi connectivity index (χ0) is 15.1. The van der Waals surface area contributed by atoms with Crippen molar-refractivity contribution in [1.82, 2.24) is 4.90 Å². The number of likely N-dealkylation sites (N-methyl/N-ethyl adjacent to an activating group) is 1. The topological polar surface area (TPSA) is 78.9 Å². The third-order valence-corrected chi connectivity index (χ3v) is 3.51. The van der Waals surface area contributed by atoms with Crippen LogP contribution in [0.4, 0.5) is 0 Å². The molecule has 1 amide bonds. The van der Waals surface area contributed by atoms with Gasteiger partial charge in [0.25, 0.3) is 0 Å². The van der Waals surface area contributed by atoms with Crippen molar-refractivity contribution < 1.29 is 10.0 Å². The quantitative estimate of drug-likeness (QED) is 0.362. The molecule has 0 saturated heterocycles. The Hall–Kier alpha value is -2.04. The van der Waals surface area contributed by atoms with Gasteiger partial charge in [-0.1, -0.05) is 48.8 Å². The predicted molar refractivity (Wildman–Crippen MR) is 79.7 cm³/mol. The molecule has 5 heteroatoms. The van der Waals surface area contributed by atoms with Crippen LogP contribution in [0.25, 0.3) is 0 Å². The Labute approximate surface area is 120 Å². The van der Waals surface area contributed by atoms with E-state index in [2.05, 4.69) is 12.1 Å². The molecule has 110 valence electrons. The lowest BCUT2D eigenvalue weighted by Gasteiger charge is -2.28. The number of carbonyl (C=O) groups is 1. The maximum Gasteiger partial charge on any atom is 0.237 e. The Balaban J connectivity index is 3.04. The largest absolute Gasteiger partial charge is 0.409 e. The summed E-state index contributed by atoms with van der Waals surface area (Å²) in [7, 11) is 1.75. The number of hydrogen-bond donors (Lipinski definition) is 2. The van der Waals surface area contributed by atoms with Crippen LogP contribution < -0.4 is 5.73 Å². The molecule has 0 aliphatic rings. The molecule has 0 heterocycles. The molecule has 0 bridgehead atoms. The average molecular weight is 277 g/mol. The third-order valence-electron chi connectivity index (χ3n) is 3.51. The first-order valence-electron chi connectivity index (χ1n) is 6.81. The molecule has 2 atom stereocenters. The molecular weight excluding hydrogens is 254 g/mol. The lowest BCUT2D eigenvalue weighted by atomic mass is 9.95. The first-order valence-corrected chi connectivity index (χ1v) is 6.81. The summed E-state index contributed by atoms with van der Waals surface area (Å²) >= 11 is 0. The summed E-state index contributed by atoms with van der Waals surface area (Å²) in [6.07, 6.45) is 1.91. The number of benzene rings is 1. The van der Waals surface area contributed by atoms with Gasteiger partial charge >= 0.3 is 0 Å². The van der Waals surface area contributed by atoms with Crippen LogP contribution >= 0.6 is 0 Å². The highest BCUT2D eigenvalue weighted by atomic mass is 16.4. The van der Waals surface area contributed by atoms with E-state index in [1.165, 1.54) is 0 Å². The fourth-order valence-corrected chi connectivity index (χ4v) is 2.18. The van der Waals surface area contributed by atoms with E-state index in [0.717, 1.165) is 18.4 Å². The van der Waals surface area contributed by atoms with Gasteiger partial charge in [-0.3, -0.25) is 4.79 Å². The van der Waals surface area contributed by atoms with Gasteiger partial charge in [0.1, 0.15) is 5.92 Å². The summed E-state index contributed by atoms with van der Waals surface area (Å²) in [6, 6.07) is 9.24. The second kappa shape index (κ2) is 7.53. The van der Waals surface area contributed by atoms with Crippen LogP contribution in [0, 0.1) is 0 Å². The standard InChI is InChI=1S/C15H23N3O2/c1-4-8-11(2)18(3)15(19)13(14(16)17-20)12-9-6-5-7-10-12/h5-7,9-11,13,20H,4,8H2,1-3H3,(H2,16,17). The molecule has 0 aliphatic carbocycles. The summed E-state index contributed by atoms with van der Waals surface area (Å²) in [5.41, 5.74) is 6.44. The van der Waals surface area contributed by atoms with E-state index in [0.29, 0.717) is 0 Å². The number of nitrogens with two attached hydrogens (primary N) is 1. The van der Waals surface area contributed by atoms with E-state index >= 15 is 0 Å². The zero-order valence-electron chi connectivity index (χ0n) is 12.3. The number of amidine groups is 1. The molecule has 1 rings (SSSR count). The zero-order valence-corrected chi connectivity index (χ0v) is 12.3. The summed E-state index contributed by atoms with van der Waals surface area (Å²) in [5, 5.41) is 12.0. The summed E-state index contributed by atoms with van der Waals surface area (Å²) in [6.45, 7) is 4.07. The Morgan fingerprint density at radius 2 is 2.00 bits per heavy atom. The van der Waals surface area contributed by atoms with Crippen molar-refractivity contribution >= 4 is 11.7 Å². The van der Waals surface area contributed by atoms with E-state index in [9.17, 15) is 4.79 Å². The van der Waals surface area contributed by atoms with Gasteiger partial charge in [0.2, 0.25) is 5.91 Å². The smallest absolute Gasteiger partial charge is 0.237 e. The number of hydrogen-bond acceptors (Lipinski definition) is 3. The molecule has 5 nitrogen and oxygen atoms in total. The van der Waals surface area contributed by atoms with Crippen LogP contribution in [-0.4, -0.2) is 34.9 Å². The van der Waals surface area contributed by atoms with Gasteiger partial charge < -0.3 is 15.8 Å². The lowest BCUT2D eigenvalue weighted by Crippen LogP contribution is -2.42. The Morgan fingerprint density at radius 1 is 1.40 bits per heavy atom. The third kappa shape index (κ3) is 3.73. The minimum absolute atomic E-state index is 0.0863. The molecule has 0 aliphatic heterocycles. The second-order valence-corrected chi connectivity index (χ2v) is 4.96. The Kier molecular flexibility index (Phi) is 6.03. The lowest BCUT2D eigenvalue weighted by molar-refractivity contribution is -0.131. The van der Waals surface area contributed by atoms with Crippen LogP contribution in [0.2, 0.25) is 0 Å². The molecule has 1 aromatic carbocycles. The molecule has 3 N–H and O–H groups in total. The number of rotatable bonds is 6. The van der Waals surface area contributed by atoms with Crippen molar-refractivity contribution in [2.75, 3.05) is 7.05 Å². The van der Waals surface area contributed by atoms with Crippen molar-refractivity contribution in [2.24, 2.45) is 10.9 Å². The first-order chi connectivity index (χ1) is 9.52. The Bertz CT molecular complexity index is 459. The van der Waals surface area contributed by atoms with Gasteiger partial charge in [0.15, 0.2) is 5.84 Å². The number of amides is 1. The SMILES string of the molecule is CCCC(C)N(C)C(=O)C(C(N)=NO)c1ccccc1. The monoisotopic (exact) mass is 277 g/mol. The van der Waals surface area contributed by atoms with Crippen molar-refractivity contribution in [3.63, 3.8) is 0 Å². The van der Waals surface area contributed by atoms with Crippen molar-refractivity contribution in [3.05, 3.63) is 35.9 Å². The molecule has 1 aromatic rings. The Morgan fingerprint density at radius 3 is 2.50 bits per heavy atom. The minimum Gasteiger partial charge on any atom is -0.409 e. The summed E-state index contributed by atoms with van der Waals surface area (Å²) in [5.74, 6) is -0.991. The van der Waals surface area contributed by atoms with Gasteiger partial charge in [0.05, 0.1) is 0 Å². The average Bonchev–Trinajstić information content (AvgIpc) is 2.47. The minimum atomic E-state index is -0.745. The van der Waals surface area contributed by atoms with E-state index in [-0.39, 0.29) is 17.8 Å². The fraction of sp³-hybridized carbons (Fsp3) is 0.467. The van der Waals surface area contributed by atoms with E-state index < -0.39 is 5.92 Å². The molecule has 0 radical (unpaired) electrons. The summed E-state index contributed by atoms with van der Waals surface area (Å²) < 4.78 is 0. The fourth-order valence-electron chi connectivity index (χ4n) is 2.18. The molecular formula is C15H23N3O2. The van der Waals surface area contributed by atoms with Gasteiger partial charge in [-0.25, -0.2) is 0 Å². The number of nitrogens with zero attached hydrogens (tertiary/aromatic N) is 2. The van der Waals surface area contributed by atoms with E-state index in [1.807, 2.05) is 25.1 Å². The highest BCUT2D eigenvalue weighted by molar-refractivity contribution is 6.07. The van der Waals surface area contributed by atoms with Crippen molar-refractivity contribution in [2.45, 2.75) is 38.6 Å². The maximum atomic E-state index is 12.6. The van der Waals surface area contributed by atoms with Crippen LogP contribution in [0.1, 0.15) is 38.2 Å². The van der Waals surface area contributed by atoms with E-state index in [1.54, 1.807) is 24.1 Å². The highest BCUT2D eigenvalue weighted by Crippen LogP contribution is 2.20. The molecule has 0 aromatic heterocycles. The van der Waals surface area contributed by atoms with Gasteiger partial charge in [-0.15, -0.1) is 0 Å². The highest BCUT2D eigenvalue weighted by Gasteiger charge is 2.29. The molecule has 0 spiro atoms. The predicted octanol–water partition coefficient (Wildman–Crippen LogP) is 2.16. The van der Waals surface area contributed by atoms with Crippen molar-refractivity contribution in [3.8, 4) is 0 Å². The number of oxime groups is 1. The molecule has 0 saturated carbocycles.